The van der Waals surface area contributed by atoms with Crippen LogP contribution in [0.2, 0.25) is 0 Å². The summed E-state index contributed by atoms with van der Waals surface area (Å²) in [5, 5.41) is 4.93. The predicted octanol–water partition coefficient (Wildman–Crippen LogP) is 1.25. The molecule has 0 aliphatic carbocycles. The first-order valence-corrected chi connectivity index (χ1v) is 5.82. The van der Waals surface area contributed by atoms with E-state index in [1.807, 2.05) is 0 Å². The smallest absolute Gasteiger partial charge is 0.285 e. The second-order valence-corrected chi connectivity index (χ2v) is 4.51. The molecule has 5 heteroatoms. The van der Waals surface area contributed by atoms with Crippen LogP contribution in [0, 0.1) is 11.8 Å². The molecule has 0 radical (unpaired) electrons. The van der Waals surface area contributed by atoms with E-state index >= 15 is 0 Å². The molecule has 0 bridgehead atoms. The molecule has 1 atom stereocenters. The van der Waals surface area contributed by atoms with Crippen molar-refractivity contribution in [1.29, 1.82) is 0 Å². The van der Waals surface area contributed by atoms with Crippen LogP contribution in [0.4, 0.5) is 0 Å². The number of aromatic nitrogens is 3. The van der Waals surface area contributed by atoms with E-state index < -0.39 is 0 Å². The van der Waals surface area contributed by atoms with Crippen molar-refractivity contribution in [1.82, 2.24) is 14.3 Å². The summed E-state index contributed by atoms with van der Waals surface area (Å²) >= 11 is 3.46. The average Bonchev–Trinajstić information content (AvgIpc) is 2.44. The lowest BCUT2D eigenvalue weighted by Crippen LogP contribution is -2.28. The van der Waals surface area contributed by atoms with Gasteiger partial charge in [0, 0.05) is 12.4 Å². The normalized spacial score (nSPS) is 13.5. The summed E-state index contributed by atoms with van der Waals surface area (Å²) in [6.07, 6.45) is 1.55. The second-order valence-electron chi connectivity index (χ2n) is 3.86. The molecule has 0 saturated carbocycles. The van der Waals surface area contributed by atoms with Crippen molar-refractivity contribution in [2.75, 3.05) is 5.33 Å². The predicted molar refractivity (Wildman–Crippen MR) is 59.6 cm³/mol. The number of alkyl halides is 1. The van der Waals surface area contributed by atoms with E-state index in [-0.39, 0.29) is 5.69 Å². The molecule has 0 spiro atoms. The zero-order valence-corrected chi connectivity index (χ0v) is 10.4. The van der Waals surface area contributed by atoms with E-state index in [0.717, 1.165) is 5.33 Å². The number of hydrogen-bond donors (Lipinski definition) is 0. The van der Waals surface area contributed by atoms with Crippen LogP contribution in [0.15, 0.2) is 11.1 Å². The molecule has 0 amide bonds. The zero-order chi connectivity index (χ0) is 10.7. The quantitative estimate of drug-likeness (QED) is 0.766. The highest BCUT2D eigenvalue weighted by atomic mass is 79.9. The van der Waals surface area contributed by atoms with Crippen molar-refractivity contribution in [2.24, 2.45) is 18.9 Å². The van der Waals surface area contributed by atoms with Crippen LogP contribution in [0.1, 0.15) is 13.8 Å². The standard InChI is InChI=1S/C9H16BrN3O/c1-7(2)8(4-10)5-13-9(14)12(3)6-11-13/h6-8H,4-5H2,1-3H3. The Hall–Kier alpha value is -0.580. The van der Waals surface area contributed by atoms with Crippen LogP contribution < -0.4 is 5.69 Å². The molecule has 1 heterocycles. The SMILES string of the molecule is CC(C)C(CBr)Cn1ncn(C)c1=O. The minimum atomic E-state index is -0.0448. The third-order valence-electron chi connectivity index (χ3n) is 2.44. The van der Waals surface area contributed by atoms with Gasteiger partial charge >= 0.3 is 5.69 Å². The van der Waals surface area contributed by atoms with E-state index in [1.165, 1.54) is 9.25 Å². The first-order valence-electron chi connectivity index (χ1n) is 4.70. The van der Waals surface area contributed by atoms with Crippen molar-refractivity contribution >= 4 is 15.9 Å². The highest BCUT2D eigenvalue weighted by Crippen LogP contribution is 2.14. The van der Waals surface area contributed by atoms with Crippen molar-refractivity contribution in [3.63, 3.8) is 0 Å². The van der Waals surface area contributed by atoms with Gasteiger partial charge in [-0.2, -0.15) is 5.10 Å². The Morgan fingerprint density at radius 2 is 2.21 bits per heavy atom. The van der Waals surface area contributed by atoms with E-state index in [2.05, 4.69) is 34.9 Å². The fourth-order valence-corrected chi connectivity index (χ4v) is 2.16. The molecular weight excluding hydrogens is 246 g/mol. The minimum Gasteiger partial charge on any atom is -0.285 e. The molecule has 0 N–H and O–H groups in total. The maximum Gasteiger partial charge on any atom is 0.345 e. The van der Waals surface area contributed by atoms with Gasteiger partial charge in [-0.3, -0.25) is 4.57 Å². The van der Waals surface area contributed by atoms with Crippen molar-refractivity contribution in [3.05, 3.63) is 16.8 Å². The molecule has 80 valence electrons. The number of hydrogen-bond acceptors (Lipinski definition) is 2. The summed E-state index contributed by atoms with van der Waals surface area (Å²) in [6.45, 7) is 4.99. The van der Waals surface area contributed by atoms with Gasteiger partial charge in [0.15, 0.2) is 0 Å². The van der Waals surface area contributed by atoms with Gasteiger partial charge in [0.05, 0.1) is 6.54 Å². The fraction of sp³-hybridized carbons (Fsp3) is 0.778. The molecule has 0 fully saturated rings. The molecular formula is C9H16BrN3O. The van der Waals surface area contributed by atoms with Gasteiger partial charge in [0.25, 0.3) is 0 Å². The van der Waals surface area contributed by atoms with Gasteiger partial charge in [-0.15, -0.1) is 0 Å². The summed E-state index contributed by atoms with van der Waals surface area (Å²) in [5.74, 6) is 0.992. The molecule has 0 aliphatic heterocycles. The van der Waals surface area contributed by atoms with Gasteiger partial charge in [-0.25, -0.2) is 9.48 Å². The van der Waals surface area contributed by atoms with Crippen molar-refractivity contribution < 1.29 is 0 Å². The summed E-state index contributed by atoms with van der Waals surface area (Å²) in [4.78, 5) is 11.5. The molecule has 1 aromatic heterocycles. The summed E-state index contributed by atoms with van der Waals surface area (Å²) in [6, 6.07) is 0. The van der Waals surface area contributed by atoms with Crippen LogP contribution in [0.25, 0.3) is 0 Å². The topological polar surface area (TPSA) is 39.8 Å². The van der Waals surface area contributed by atoms with Crippen LogP contribution in [0.3, 0.4) is 0 Å². The lowest BCUT2D eigenvalue weighted by molar-refractivity contribution is 0.350. The Morgan fingerprint density at radius 3 is 2.57 bits per heavy atom. The molecule has 4 nitrogen and oxygen atoms in total. The number of aryl methyl sites for hydroxylation is 1. The zero-order valence-electron chi connectivity index (χ0n) is 8.77. The van der Waals surface area contributed by atoms with E-state index in [0.29, 0.717) is 18.4 Å². The van der Waals surface area contributed by atoms with Crippen LogP contribution in [0.5, 0.6) is 0 Å². The lowest BCUT2D eigenvalue weighted by atomic mass is 9.98. The van der Waals surface area contributed by atoms with Crippen molar-refractivity contribution in [2.45, 2.75) is 20.4 Å². The maximum absolute atomic E-state index is 11.5. The van der Waals surface area contributed by atoms with E-state index in [4.69, 9.17) is 0 Å². The van der Waals surface area contributed by atoms with Gasteiger partial charge in [0.2, 0.25) is 0 Å². The van der Waals surface area contributed by atoms with Gasteiger partial charge in [0.1, 0.15) is 6.33 Å². The first-order chi connectivity index (χ1) is 6.56. The summed E-state index contributed by atoms with van der Waals surface area (Å²) in [7, 11) is 1.71. The molecule has 0 aromatic carbocycles. The average molecular weight is 262 g/mol. The fourth-order valence-electron chi connectivity index (χ4n) is 1.21. The molecule has 14 heavy (non-hydrogen) atoms. The Balaban J connectivity index is 2.77. The molecule has 1 aromatic rings. The molecule has 0 aliphatic rings. The van der Waals surface area contributed by atoms with E-state index in [1.54, 1.807) is 13.4 Å². The Bertz CT molecular complexity index is 342. The largest absolute Gasteiger partial charge is 0.345 e. The molecule has 0 saturated heterocycles. The monoisotopic (exact) mass is 261 g/mol. The second kappa shape index (κ2) is 4.77. The number of halogens is 1. The minimum absolute atomic E-state index is 0.0448. The Labute approximate surface area is 92.1 Å². The summed E-state index contributed by atoms with van der Waals surface area (Å²) in [5.41, 5.74) is -0.0448. The lowest BCUT2D eigenvalue weighted by Gasteiger charge is -2.16. The number of rotatable bonds is 4. The molecule has 1 unspecified atom stereocenters. The maximum atomic E-state index is 11.5. The van der Waals surface area contributed by atoms with Crippen LogP contribution in [-0.2, 0) is 13.6 Å². The van der Waals surface area contributed by atoms with Gasteiger partial charge in [-0.05, 0) is 11.8 Å². The third kappa shape index (κ3) is 2.47. The first kappa shape index (κ1) is 11.5. The van der Waals surface area contributed by atoms with Gasteiger partial charge in [-0.1, -0.05) is 29.8 Å². The third-order valence-corrected chi connectivity index (χ3v) is 3.27. The summed E-state index contributed by atoms with van der Waals surface area (Å²) < 4.78 is 3.01. The Kier molecular flexibility index (Phi) is 3.92. The van der Waals surface area contributed by atoms with Crippen molar-refractivity contribution in [3.8, 4) is 0 Å². The molecule has 1 rings (SSSR count). The number of nitrogens with zero attached hydrogens (tertiary/aromatic N) is 3. The highest BCUT2D eigenvalue weighted by Gasteiger charge is 2.14. The van der Waals surface area contributed by atoms with Crippen LogP contribution in [-0.4, -0.2) is 19.7 Å². The van der Waals surface area contributed by atoms with Crippen LogP contribution >= 0.6 is 15.9 Å². The Morgan fingerprint density at radius 1 is 1.57 bits per heavy atom. The van der Waals surface area contributed by atoms with E-state index in [9.17, 15) is 4.79 Å². The highest BCUT2D eigenvalue weighted by molar-refractivity contribution is 9.09. The van der Waals surface area contributed by atoms with Gasteiger partial charge < -0.3 is 0 Å².